The molecular weight excluding hydrogens is 252 g/mol. The highest BCUT2D eigenvalue weighted by Crippen LogP contribution is 2.18. The average Bonchev–Trinajstić information content (AvgIpc) is 2.82. The van der Waals surface area contributed by atoms with Gasteiger partial charge < -0.3 is 9.84 Å². The minimum atomic E-state index is 0.00746. The summed E-state index contributed by atoms with van der Waals surface area (Å²) < 4.78 is 5.20. The third-order valence-electron chi connectivity index (χ3n) is 3.43. The van der Waals surface area contributed by atoms with Gasteiger partial charge >= 0.3 is 0 Å². The molecule has 0 aliphatic heterocycles. The Morgan fingerprint density at radius 1 is 1.35 bits per heavy atom. The van der Waals surface area contributed by atoms with Crippen LogP contribution in [-0.4, -0.2) is 17.1 Å². The number of rotatable bonds is 7. The minimum Gasteiger partial charge on any atom is -0.356 e. The zero-order valence-electron chi connectivity index (χ0n) is 12.2. The number of aromatic nitrogens is 1. The van der Waals surface area contributed by atoms with Gasteiger partial charge in [-0.15, -0.1) is 0 Å². The molecule has 0 saturated heterocycles. The Balaban J connectivity index is 1.88. The molecule has 0 spiro atoms. The van der Waals surface area contributed by atoms with Crippen molar-refractivity contribution >= 4 is 16.9 Å². The quantitative estimate of drug-likeness (QED) is 0.787. The summed E-state index contributed by atoms with van der Waals surface area (Å²) in [5.41, 5.74) is 1.44. The SMILES string of the molecule is CCCCCC(C)NC(=O)Cc1noc2ccccc12. The smallest absolute Gasteiger partial charge is 0.226 e. The summed E-state index contributed by atoms with van der Waals surface area (Å²) >= 11 is 0. The van der Waals surface area contributed by atoms with Crippen LogP contribution in [0.2, 0.25) is 0 Å². The van der Waals surface area contributed by atoms with Crippen LogP contribution in [0.5, 0.6) is 0 Å². The zero-order valence-corrected chi connectivity index (χ0v) is 12.2. The molecule has 4 heteroatoms. The first kappa shape index (κ1) is 14.6. The highest BCUT2D eigenvalue weighted by Gasteiger charge is 2.13. The number of fused-ring (bicyclic) bond motifs is 1. The molecule has 2 rings (SSSR count). The van der Waals surface area contributed by atoms with Crippen molar-refractivity contribution in [1.29, 1.82) is 0 Å². The Labute approximate surface area is 119 Å². The van der Waals surface area contributed by atoms with Crippen LogP contribution in [-0.2, 0) is 11.2 Å². The fourth-order valence-electron chi connectivity index (χ4n) is 2.32. The highest BCUT2D eigenvalue weighted by atomic mass is 16.5. The van der Waals surface area contributed by atoms with Crippen LogP contribution in [0.15, 0.2) is 28.8 Å². The fraction of sp³-hybridized carbons (Fsp3) is 0.500. The van der Waals surface area contributed by atoms with E-state index >= 15 is 0 Å². The number of nitrogens with one attached hydrogen (secondary N) is 1. The van der Waals surface area contributed by atoms with Crippen molar-refractivity contribution in [3.05, 3.63) is 30.0 Å². The van der Waals surface area contributed by atoms with Gasteiger partial charge in [0.15, 0.2) is 5.58 Å². The van der Waals surface area contributed by atoms with Crippen molar-refractivity contribution < 1.29 is 9.32 Å². The molecule has 1 unspecified atom stereocenters. The maximum absolute atomic E-state index is 12.0. The number of hydrogen-bond acceptors (Lipinski definition) is 3. The van der Waals surface area contributed by atoms with Crippen LogP contribution in [0.1, 0.15) is 45.2 Å². The van der Waals surface area contributed by atoms with E-state index in [1.807, 2.05) is 24.3 Å². The molecule has 20 heavy (non-hydrogen) atoms. The molecule has 1 atom stereocenters. The van der Waals surface area contributed by atoms with Crippen LogP contribution in [0.3, 0.4) is 0 Å². The van der Waals surface area contributed by atoms with Gasteiger partial charge in [-0.05, 0) is 25.5 Å². The van der Waals surface area contributed by atoms with E-state index in [-0.39, 0.29) is 18.4 Å². The average molecular weight is 274 g/mol. The minimum absolute atomic E-state index is 0.00746. The maximum Gasteiger partial charge on any atom is 0.226 e. The van der Waals surface area contributed by atoms with Crippen LogP contribution in [0, 0.1) is 0 Å². The zero-order chi connectivity index (χ0) is 14.4. The lowest BCUT2D eigenvalue weighted by Gasteiger charge is -2.12. The lowest BCUT2D eigenvalue weighted by Crippen LogP contribution is -2.33. The molecule has 108 valence electrons. The number of para-hydroxylation sites is 1. The molecule has 1 N–H and O–H groups in total. The number of benzene rings is 1. The number of unbranched alkanes of at least 4 members (excludes halogenated alkanes) is 2. The molecule has 0 bridgehead atoms. The number of carbonyl (C=O) groups excluding carboxylic acids is 1. The molecule has 1 amide bonds. The molecule has 1 heterocycles. The van der Waals surface area contributed by atoms with Crippen molar-refractivity contribution in [1.82, 2.24) is 10.5 Å². The molecule has 0 aliphatic rings. The molecule has 1 aromatic carbocycles. The molecular formula is C16H22N2O2. The van der Waals surface area contributed by atoms with E-state index in [1.165, 1.54) is 12.8 Å². The first-order chi connectivity index (χ1) is 9.70. The van der Waals surface area contributed by atoms with Gasteiger partial charge in [0.05, 0.1) is 6.42 Å². The summed E-state index contributed by atoms with van der Waals surface area (Å²) in [6, 6.07) is 7.82. The van der Waals surface area contributed by atoms with Crippen LogP contribution in [0.4, 0.5) is 0 Å². The van der Waals surface area contributed by atoms with Crippen molar-refractivity contribution in [3.63, 3.8) is 0 Å². The Morgan fingerprint density at radius 3 is 2.95 bits per heavy atom. The predicted molar refractivity (Wildman–Crippen MR) is 79.5 cm³/mol. The Hall–Kier alpha value is -1.84. The maximum atomic E-state index is 12.0. The molecule has 4 nitrogen and oxygen atoms in total. The fourth-order valence-corrected chi connectivity index (χ4v) is 2.32. The number of carbonyl (C=O) groups is 1. The third kappa shape index (κ3) is 3.83. The topological polar surface area (TPSA) is 55.1 Å². The summed E-state index contributed by atoms with van der Waals surface area (Å²) in [4.78, 5) is 12.0. The molecule has 0 fully saturated rings. The predicted octanol–water partition coefficient (Wildman–Crippen LogP) is 3.46. The monoisotopic (exact) mass is 274 g/mol. The molecule has 0 saturated carbocycles. The van der Waals surface area contributed by atoms with Gasteiger partial charge in [0.2, 0.25) is 5.91 Å². The summed E-state index contributed by atoms with van der Waals surface area (Å²) in [5.74, 6) is 0.00746. The standard InChI is InChI=1S/C16H22N2O2/c1-3-4-5-8-12(2)17-16(19)11-14-13-9-6-7-10-15(13)20-18-14/h6-7,9-10,12H,3-5,8,11H2,1-2H3,(H,17,19). The lowest BCUT2D eigenvalue weighted by molar-refractivity contribution is -0.121. The van der Waals surface area contributed by atoms with Crippen LogP contribution in [0.25, 0.3) is 11.0 Å². The molecule has 0 radical (unpaired) electrons. The second-order valence-electron chi connectivity index (χ2n) is 5.27. The summed E-state index contributed by atoms with van der Waals surface area (Å²) in [5, 5.41) is 7.92. The van der Waals surface area contributed by atoms with Gasteiger partial charge in [-0.2, -0.15) is 0 Å². The van der Waals surface area contributed by atoms with Gasteiger partial charge in [-0.25, -0.2) is 0 Å². The van der Waals surface area contributed by atoms with Gasteiger partial charge in [0.25, 0.3) is 0 Å². The van der Waals surface area contributed by atoms with Crippen molar-refractivity contribution in [2.45, 2.75) is 52.0 Å². The van der Waals surface area contributed by atoms with E-state index < -0.39 is 0 Å². The van der Waals surface area contributed by atoms with Gasteiger partial charge in [-0.3, -0.25) is 4.79 Å². The summed E-state index contributed by atoms with van der Waals surface area (Å²) in [7, 11) is 0. The largest absolute Gasteiger partial charge is 0.356 e. The number of hydrogen-bond donors (Lipinski definition) is 1. The normalized spacial score (nSPS) is 12.5. The molecule has 0 aliphatic carbocycles. The van der Waals surface area contributed by atoms with E-state index in [0.717, 1.165) is 23.8 Å². The number of amides is 1. The second kappa shape index (κ2) is 7.08. The highest BCUT2D eigenvalue weighted by molar-refractivity contribution is 5.86. The van der Waals surface area contributed by atoms with Crippen molar-refractivity contribution in [3.8, 4) is 0 Å². The third-order valence-corrected chi connectivity index (χ3v) is 3.43. The van der Waals surface area contributed by atoms with E-state index in [4.69, 9.17) is 4.52 Å². The van der Waals surface area contributed by atoms with E-state index in [1.54, 1.807) is 0 Å². The molecule has 2 aromatic rings. The second-order valence-corrected chi connectivity index (χ2v) is 5.27. The van der Waals surface area contributed by atoms with E-state index in [2.05, 4.69) is 24.3 Å². The summed E-state index contributed by atoms with van der Waals surface area (Å²) in [6.07, 6.45) is 4.87. The molecule has 1 aromatic heterocycles. The number of nitrogens with zero attached hydrogens (tertiary/aromatic N) is 1. The van der Waals surface area contributed by atoms with Crippen LogP contribution < -0.4 is 5.32 Å². The summed E-state index contributed by atoms with van der Waals surface area (Å²) in [6.45, 7) is 4.23. The first-order valence-corrected chi connectivity index (χ1v) is 7.33. The lowest BCUT2D eigenvalue weighted by atomic mass is 10.1. The van der Waals surface area contributed by atoms with Crippen molar-refractivity contribution in [2.24, 2.45) is 0 Å². The van der Waals surface area contributed by atoms with Gasteiger partial charge in [0.1, 0.15) is 5.69 Å². The Morgan fingerprint density at radius 2 is 2.15 bits per heavy atom. The van der Waals surface area contributed by atoms with E-state index in [9.17, 15) is 4.79 Å². The first-order valence-electron chi connectivity index (χ1n) is 7.33. The Bertz CT molecular complexity index is 562. The van der Waals surface area contributed by atoms with E-state index in [0.29, 0.717) is 5.69 Å². The van der Waals surface area contributed by atoms with Crippen molar-refractivity contribution in [2.75, 3.05) is 0 Å². The van der Waals surface area contributed by atoms with Gasteiger partial charge in [-0.1, -0.05) is 43.5 Å². The van der Waals surface area contributed by atoms with Crippen LogP contribution >= 0.6 is 0 Å². The van der Waals surface area contributed by atoms with Gasteiger partial charge in [0, 0.05) is 11.4 Å². The Kier molecular flexibility index (Phi) is 5.16.